The summed E-state index contributed by atoms with van der Waals surface area (Å²) in [6.07, 6.45) is 3.83. The molecule has 2 atom stereocenters. The molecule has 1 saturated carbocycles. The van der Waals surface area contributed by atoms with Crippen molar-refractivity contribution in [3.63, 3.8) is 0 Å². The molecule has 74 valence electrons. The molecule has 1 aliphatic carbocycles. The molecule has 1 aromatic heterocycles. The highest BCUT2D eigenvalue weighted by atomic mass is 32.1. The highest BCUT2D eigenvalue weighted by Crippen LogP contribution is 2.38. The predicted octanol–water partition coefficient (Wildman–Crippen LogP) is 3.02. The zero-order valence-corrected chi connectivity index (χ0v) is 8.80. The Morgan fingerprint density at radius 3 is 3.29 bits per heavy atom. The number of hydrogen-bond donors (Lipinski definition) is 0. The monoisotopic (exact) mass is 207 g/mol. The Kier molecular flexibility index (Phi) is 2.05. The van der Waals surface area contributed by atoms with Gasteiger partial charge in [-0.15, -0.1) is 11.3 Å². The summed E-state index contributed by atoms with van der Waals surface area (Å²) in [4.78, 5) is 6.67. The summed E-state index contributed by atoms with van der Waals surface area (Å²) in [5.41, 5.74) is 1.30. The molecular weight excluding hydrogens is 194 g/mol. The molecule has 2 aliphatic rings. The Morgan fingerprint density at radius 2 is 2.43 bits per heavy atom. The van der Waals surface area contributed by atoms with Crippen molar-refractivity contribution in [2.45, 2.75) is 25.2 Å². The fourth-order valence-electron chi connectivity index (χ4n) is 2.43. The minimum Gasteiger partial charge on any atom is -0.395 e. The van der Waals surface area contributed by atoms with Crippen molar-refractivity contribution in [1.82, 2.24) is 0 Å². The smallest absolute Gasteiger partial charge is 0.125 e. The first kappa shape index (κ1) is 8.48. The molecule has 0 spiro atoms. The van der Waals surface area contributed by atoms with Crippen LogP contribution in [0.3, 0.4) is 0 Å². The molecule has 2 nitrogen and oxygen atoms in total. The lowest BCUT2D eigenvalue weighted by Gasteiger charge is -2.24. The van der Waals surface area contributed by atoms with Crippen molar-refractivity contribution >= 4 is 17.0 Å². The minimum atomic E-state index is 0.552. The molecular formula is C11H13NOS. The van der Waals surface area contributed by atoms with Crippen LogP contribution in [0.5, 0.6) is 0 Å². The number of fused-ring (bicyclic) bond motifs is 1. The first-order valence-corrected chi connectivity index (χ1v) is 6.06. The van der Waals surface area contributed by atoms with Crippen LogP contribution in [0.1, 0.15) is 30.1 Å². The van der Waals surface area contributed by atoms with E-state index in [4.69, 9.17) is 4.84 Å². The maximum absolute atomic E-state index is 5.21. The van der Waals surface area contributed by atoms with E-state index in [0.29, 0.717) is 11.8 Å². The number of nitrogens with zero attached hydrogens (tertiary/aromatic N) is 1. The Bertz CT molecular complexity index is 344. The van der Waals surface area contributed by atoms with E-state index in [-0.39, 0.29) is 0 Å². The van der Waals surface area contributed by atoms with Crippen LogP contribution in [0.4, 0.5) is 0 Å². The molecule has 3 heteroatoms. The molecule has 14 heavy (non-hydrogen) atoms. The van der Waals surface area contributed by atoms with Gasteiger partial charge in [0, 0.05) is 16.7 Å². The summed E-state index contributed by atoms with van der Waals surface area (Å²) in [5, 5.41) is 6.37. The molecule has 2 heterocycles. The van der Waals surface area contributed by atoms with Crippen LogP contribution in [-0.2, 0) is 4.84 Å². The van der Waals surface area contributed by atoms with Gasteiger partial charge in [-0.3, -0.25) is 0 Å². The molecule has 1 aliphatic heterocycles. The first-order chi connectivity index (χ1) is 6.95. The van der Waals surface area contributed by atoms with E-state index >= 15 is 0 Å². The van der Waals surface area contributed by atoms with E-state index in [1.54, 1.807) is 0 Å². The third-order valence-electron chi connectivity index (χ3n) is 3.15. The van der Waals surface area contributed by atoms with Gasteiger partial charge in [-0.05, 0) is 24.3 Å². The standard InChI is InChI=1S/C11H13NOS/c1-3-8-7-13-12-11(8)9(4-1)10-5-2-6-14-10/h2,5-6,8-9H,1,3-4,7H2. The number of oxime groups is 1. The van der Waals surface area contributed by atoms with Crippen LogP contribution in [0.2, 0.25) is 0 Å². The van der Waals surface area contributed by atoms with Gasteiger partial charge in [-0.2, -0.15) is 0 Å². The Morgan fingerprint density at radius 1 is 1.43 bits per heavy atom. The van der Waals surface area contributed by atoms with E-state index in [9.17, 15) is 0 Å². The van der Waals surface area contributed by atoms with Crippen LogP contribution in [0.25, 0.3) is 0 Å². The summed E-state index contributed by atoms with van der Waals surface area (Å²) in [6, 6.07) is 4.35. The van der Waals surface area contributed by atoms with Crippen LogP contribution >= 0.6 is 11.3 Å². The fraction of sp³-hybridized carbons (Fsp3) is 0.545. The van der Waals surface area contributed by atoms with E-state index in [1.165, 1.54) is 29.9 Å². The van der Waals surface area contributed by atoms with Gasteiger partial charge in [0.05, 0.1) is 5.71 Å². The van der Waals surface area contributed by atoms with Gasteiger partial charge in [0.2, 0.25) is 0 Å². The van der Waals surface area contributed by atoms with Gasteiger partial charge < -0.3 is 4.84 Å². The van der Waals surface area contributed by atoms with Crippen LogP contribution < -0.4 is 0 Å². The van der Waals surface area contributed by atoms with Crippen molar-refractivity contribution in [1.29, 1.82) is 0 Å². The van der Waals surface area contributed by atoms with Crippen molar-refractivity contribution in [2.24, 2.45) is 11.1 Å². The minimum absolute atomic E-state index is 0.552. The topological polar surface area (TPSA) is 21.6 Å². The van der Waals surface area contributed by atoms with Gasteiger partial charge in [0.15, 0.2) is 0 Å². The van der Waals surface area contributed by atoms with Crippen LogP contribution in [-0.4, -0.2) is 12.3 Å². The summed E-state index contributed by atoms with van der Waals surface area (Å²) >= 11 is 1.84. The van der Waals surface area contributed by atoms with E-state index in [0.717, 1.165) is 6.61 Å². The van der Waals surface area contributed by atoms with Gasteiger partial charge in [-0.1, -0.05) is 17.6 Å². The maximum atomic E-state index is 5.21. The fourth-order valence-corrected chi connectivity index (χ4v) is 3.31. The van der Waals surface area contributed by atoms with Gasteiger partial charge in [0.25, 0.3) is 0 Å². The van der Waals surface area contributed by atoms with Gasteiger partial charge in [-0.25, -0.2) is 0 Å². The molecule has 3 rings (SSSR count). The highest BCUT2D eigenvalue weighted by molar-refractivity contribution is 7.10. The molecule has 0 aromatic carbocycles. The lowest BCUT2D eigenvalue weighted by molar-refractivity contribution is 0.152. The molecule has 0 radical (unpaired) electrons. The van der Waals surface area contributed by atoms with E-state index in [2.05, 4.69) is 22.7 Å². The summed E-state index contributed by atoms with van der Waals surface area (Å²) in [5.74, 6) is 1.16. The van der Waals surface area contributed by atoms with E-state index < -0.39 is 0 Å². The van der Waals surface area contributed by atoms with Crippen molar-refractivity contribution in [2.75, 3.05) is 6.61 Å². The largest absolute Gasteiger partial charge is 0.395 e. The van der Waals surface area contributed by atoms with Crippen molar-refractivity contribution < 1.29 is 4.84 Å². The Labute approximate surface area is 87.6 Å². The third-order valence-corrected chi connectivity index (χ3v) is 4.14. The normalized spacial score (nSPS) is 30.7. The van der Waals surface area contributed by atoms with Crippen LogP contribution in [0, 0.1) is 5.92 Å². The average Bonchev–Trinajstić information content (AvgIpc) is 2.88. The molecule has 0 amide bonds. The molecule has 1 fully saturated rings. The second kappa shape index (κ2) is 3.39. The van der Waals surface area contributed by atoms with Gasteiger partial charge in [0.1, 0.15) is 6.61 Å². The molecule has 1 aromatic rings. The number of thiophene rings is 1. The second-order valence-corrected chi connectivity index (χ2v) is 4.99. The molecule has 0 bridgehead atoms. The van der Waals surface area contributed by atoms with E-state index in [1.807, 2.05) is 11.3 Å². The zero-order chi connectivity index (χ0) is 9.38. The Hall–Kier alpha value is -0.830. The SMILES string of the molecule is c1csc(C2CCCC3CON=C32)c1. The number of rotatable bonds is 1. The second-order valence-electron chi connectivity index (χ2n) is 4.01. The summed E-state index contributed by atoms with van der Waals surface area (Å²) in [7, 11) is 0. The summed E-state index contributed by atoms with van der Waals surface area (Å²) < 4.78 is 0. The van der Waals surface area contributed by atoms with Crippen molar-refractivity contribution in [3.8, 4) is 0 Å². The highest BCUT2D eigenvalue weighted by Gasteiger charge is 2.34. The third kappa shape index (κ3) is 1.27. The Balaban J connectivity index is 1.92. The quantitative estimate of drug-likeness (QED) is 0.693. The van der Waals surface area contributed by atoms with Gasteiger partial charge >= 0.3 is 0 Å². The molecule has 0 saturated heterocycles. The summed E-state index contributed by atoms with van der Waals surface area (Å²) in [6.45, 7) is 0.817. The first-order valence-electron chi connectivity index (χ1n) is 5.18. The lowest BCUT2D eigenvalue weighted by atomic mass is 9.79. The lowest BCUT2D eigenvalue weighted by Crippen LogP contribution is -2.25. The molecule has 0 N–H and O–H groups in total. The van der Waals surface area contributed by atoms with Crippen molar-refractivity contribution in [3.05, 3.63) is 22.4 Å². The maximum Gasteiger partial charge on any atom is 0.125 e. The van der Waals surface area contributed by atoms with Crippen LogP contribution in [0.15, 0.2) is 22.7 Å². The average molecular weight is 207 g/mol. The molecule has 2 unspecified atom stereocenters. The number of hydrogen-bond acceptors (Lipinski definition) is 3. The zero-order valence-electron chi connectivity index (χ0n) is 7.98. The predicted molar refractivity (Wildman–Crippen MR) is 57.8 cm³/mol.